The molecule has 1 saturated heterocycles. The first kappa shape index (κ1) is 15.9. The summed E-state index contributed by atoms with van der Waals surface area (Å²) < 4.78 is 5.69. The predicted molar refractivity (Wildman–Crippen MR) is 84.5 cm³/mol. The third kappa shape index (κ3) is 5.46. The van der Waals surface area contributed by atoms with Crippen molar-refractivity contribution in [3.8, 4) is 0 Å². The Morgan fingerprint density at radius 2 is 2.14 bits per heavy atom. The molecule has 1 aliphatic rings. The highest BCUT2D eigenvalue weighted by atomic mass is 16.5. The summed E-state index contributed by atoms with van der Waals surface area (Å²) in [6.45, 7) is 8.95. The van der Waals surface area contributed by atoms with Crippen molar-refractivity contribution in [1.82, 2.24) is 10.2 Å². The zero-order chi connectivity index (χ0) is 15.1. The second-order valence-electron chi connectivity index (χ2n) is 5.43. The third-order valence-electron chi connectivity index (χ3n) is 3.66. The molecule has 1 aliphatic heterocycles. The van der Waals surface area contributed by atoms with E-state index in [1.165, 1.54) is 5.56 Å². The Bertz CT molecular complexity index is 447. The van der Waals surface area contributed by atoms with Crippen LogP contribution in [0.25, 0.3) is 0 Å². The zero-order valence-corrected chi connectivity index (χ0v) is 12.9. The van der Waals surface area contributed by atoms with Crippen molar-refractivity contribution in [2.24, 2.45) is 0 Å². The van der Waals surface area contributed by atoms with E-state index in [1.807, 2.05) is 31.2 Å². The van der Waals surface area contributed by atoms with Crippen LogP contribution in [0, 0.1) is 6.92 Å². The predicted octanol–water partition coefficient (Wildman–Crippen LogP) is 1.24. The molecule has 5 heteroatoms. The van der Waals surface area contributed by atoms with Crippen LogP contribution in [0.5, 0.6) is 0 Å². The molecule has 1 fully saturated rings. The molecule has 1 aromatic rings. The summed E-state index contributed by atoms with van der Waals surface area (Å²) in [4.78, 5) is 14.2. The van der Waals surface area contributed by atoms with E-state index in [0.717, 1.165) is 31.9 Å². The van der Waals surface area contributed by atoms with Crippen molar-refractivity contribution < 1.29 is 9.53 Å². The van der Waals surface area contributed by atoms with Crippen molar-refractivity contribution in [3.05, 3.63) is 29.8 Å². The highest BCUT2D eigenvalue weighted by Crippen LogP contribution is 2.08. The highest BCUT2D eigenvalue weighted by Gasteiger charge is 2.18. The molecule has 2 rings (SSSR count). The molecule has 1 aromatic carbocycles. The molecule has 0 bridgehead atoms. The van der Waals surface area contributed by atoms with Gasteiger partial charge < -0.3 is 15.4 Å². The third-order valence-corrected chi connectivity index (χ3v) is 3.66. The van der Waals surface area contributed by atoms with E-state index in [4.69, 9.17) is 4.74 Å². The van der Waals surface area contributed by atoms with Gasteiger partial charge in [0.15, 0.2) is 0 Å². The molecule has 21 heavy (non-hydrogen) atoms. The van der Waals surface area contributed by atoms with E-state index in [0.29, 0.717) is 13.1 Å². The number of carbonyl (C=O) groups excluding carboxylic acids is 1. The smallest absolute Gasteiger partial charge is 0.238 e. The van der Waals surface area contributed by atoms with Crippen molar-refractivity contribution in [2.75, 3.05) is 44.6 Å². The molecule has 0 aromatic heterocycles. The molecule has 0 radical (unpaired) electrons. The number of hydrogen-bond acceptors (Lipinski definition) is 4. The van der Waals surface area contributed by atoms with Gasteiger partial charge in [-0.05, 0) is 25.6 Å². The van der Waals surface area contributed by atoms with Crippen LogP contribution in [0.15, 0.2) is 24.3 Å². The van der Waals surface area contributed by atoms with Gasteiger partial charge in [-0.2, -0.15) is 0 Å². The lowest BCUT2D eigenvalue weighted by Crippen LogP contribution is -2.47. The lowest BCUT2D eigenvalue weighted by atomic mass is 10.2. The van der Waals surface area contributed by atoms with Crippen LogP contribution in [-0.4, -0.2) is 56.2 Å². The molecule has 0 spiro atoms. The van der Waals surface area contributed by atoms with Gasteiger partial charge in [0.25, 0.3) is 0 Å². The second kappa shape index (κ2) is 8.12. The summed E-state index contributed by atoms with van der Waals surface area (Å²) in [5.74, 6) is -0.0259. The van der Waals surface area contributed by atoms with Gasteiger partial charge in [-0.1, -0.05) is 24.6 Å². The number of morpholine rings is 1. The van der Waals surface area contributed by atoms with Crippen LogP contribution in [0.3, 0.4) is 0 Å². The maximum atomic E-state index is 11.8. The van der Waals surface area contributed by atoms with Crippen molar-refractivity contribution in [1.29, 1.82) is 0 Å². The molecule has 5 nitrogen and oxygen atoms in total. The molecule has 0 aliphatic carbocycles. The van der Waals surface area contributed by atoms with Gasteiger partial charge in [-0.3, -0.25) is 9.69 Å². The quantitative estimate of drug-likeness (QED) is 0.828. The Morgan fingerprint density at radius 1 is 1.38 bits per heavy atom. The van der Waals surface area contributed by atoms with Crippen molar-refractivity contribution >= 4 is 11.6 Å². The minimum atomic E-state index is -0.0259. The first-order chi connectivity index (χ1) is 10.2. The van der Waals surface area contributed by atoms with Crippen LogP contribution in [-0.2, 0) is 9.53 Å². The zero-order valence-electron chi connectivity index (χ0n) is 12.9. The molecule has 1 atom stereocenters. The summed E-state index contributed by atoms with van der Waals surface area (Å²) in [5, 5.41) is 6.04. The number of amides is 1. The molecular weight excluding hydrogens is 266 g/mol. The summed E-state index contributed by atoms with van der Waals surface area (Å²) in [6.07, 6.45) is 0.172. The van der Waals surface area contributed by atoms with Gasteiger partial charge in [0.2, 0.25) is 5.91 Å². The Hall–Kier alpha value is -1.43. The Labute approximate surface area is 126 Å². The van der Waals surface area contributed by atoms with E-state index in [-0.39, 0.29) is 12.0 Å². The fourth-order valence-corrected chi connectivity index (χ4v) is 2.38. The first-order valence-electron chi connectivity index (χ1n) is 7.58. The second-order valence-corrected chi connectivity index (χ2v) is 5.43. The molecular formula is C16H25N3O2. The average molecular weight is 291 g/mol. The molecule has 1 unspecified atom stereocenters. The fraction of sp³-hybridized carbons (Fsp3) is 0.562. The maximum Gasteiger partial charge on any atom is 0.238 e. The summed E-state index contributed by atoms with van der Waals surface area (Å²) in [5.41, 5.74) is 2.01. The largest absolute Gasteiger partial charge is 0.374 e. The monoisotopic (exact) mass is 291 g/mol. The number of nitrogens with zero attached hydrogens (tertiary/aromatic N) is 1. The van der Waals surface area contributed by atoms with Gasteiger partial charge in [0.1, 0.15) is 0 Å². The van der Waals surface area contributed by atoms with Crippen LogP contribution in [0.1, 0.15) is 12.5 Å². The normalized spacial score (nSPS) is 19.4. The fourth-order valence-electron chi connectivity index (χ4n) is 2.38. The van der Waals surface area contributed by atoms with E-state index >= 15 is 0 Å². The van der Waals surface area contributed by atoms with Gasteiger partial charge in [0.05, 0.1) is 19.3 Å². The van der Waals surface area contributed by atoms with E-state index in [2.05, 4.69) is 22.5 Å². The summed E-state index contributed by atoms with van der Waals surface area (Å²) in [7, 11) is 0. The van der Waals surface area contributed by atoms with Crippen molar-refractivity contribution in [3.63, 3.8) is 0 Å². The minimum absolute atomic E-state index is 0.0259. The van der Waals surface area contributed by atoms with Crippen LogP contribution in [0.2, 0.25) is 0 Å². The van der Waals surface area contributed by atoms with Gasteiger partial charge in [-0.25, -0.2) is 0 Å². The molecule has 0 saturated carbocycles. The Morgan fingerprint density at radius 3 is 2.86 bits per heavy atom. The highest BCUT2D eigenvalue weighted by molar-refractivity contribution is 5.92. The van der Waals surface area contributed by atoms with Gasteiger partial charge in [-0.15, -0.1) is 0 Å². The summed E-state index contributed by atoms with van der Waals surface area (Å²) >= 11 is 0. The number of aryl methyl sites for hydroxylation is 1. The number of anilines is 1. The number of hydrogen-bond donors (Lipinski definition) is 2. The Kier molecular flexibility index (Phi) is 6.17. The first-order valence-corrected chi connectivity index (χ1v) is 7.58. The lowest BCUT2D eigenvalue weighted by Gasteiger charge is -2.32. The van der Waals surface area contributed by atoms with Crippen LogP contribution < -0.4 is 10.6 Å². The average Bonchev–Trinajstić information content (AvgIpc) is 2.50. The minimum Gasteiger partial charge on any atom is -0.374 e. The van der Waals surface area contributed by atoms with Crippen LogP contribution in [0.4, 0.5) is 5.69 Å². The van der Waals surface area contributed by atoms with E-state index in [9.17, 15) is 4.79 Å². The number of carbonyl (C=O) groups is 1. The molecule has 1 heterocycles. The van der Waals surface area contributed by atoms with Gasteiger partial charge in [0, 0.05) is 25.3 Å². The maximum absolute atomic E-state index is 11.8. The SMILES string of the molecule is CCN1CCOC(CNCC(=O)Nc2ccc(C)cc2)C1. The number of rotatable bonds is 6. The van der Waals surface area contributed by atoms with Gasteiger partial charge >= 0.3 is 0 Å². The summed E-state index contributed by atoms with van der Waals surface area (Å²) in [6, 6.07) is 7.80. The molecule has 1 amide bonds. The van der Waals surface area contributed by atoms with Crippen molar-refractivity contribution in [2.45, 2.75) is 20.0 Å². The van der Waals surface area contributed by atoms with E-state index in [1.54, 1.807) is 0 Å². The topological polar surface area (TPSA) is 53.6 Å². The number of nitrogens with one attached hydrogen (secondary N) is 2. The number of ether oxygens (including phenoxy) is 1. The van der Waals surface area contributed by atoms with E-state index < -0.39 is 0 Å². The van der Waals surface area contributed by atoms with Crippen LogP contribution >= 0.6 is 0 Å². The molecule has 116 valence electrons. The molecule has 2 N–H and O–H groups in total. The number of benzene rings is 1. The number of likely N-dealkylation sites (N-methyl/N-ethyl adjacent to an activating group) is 1. The Balaban J connectivity index is 1.66. The lowest BCUT2D eigenvalue weighted by molar-refractivity contribution is -0.115. The standard InChI is InChI=1S/C16H25N3O2/c1-3-19-8-9-21-15(12-19)10-17-11-16(20)18-14-6-4-13(2)5-7-14/h4-7,15,17H,3,8-12H2,1-2H3,(H,18,20).